The predicted molar refractivity (Wildman–Crippen MR) is 81.4 cm³/mol. The fourth-order valence-corrected chi connectivity index (χ4v) is 2.12. The van der Waals surface area contributed by atoms with Crippen LogP contribution in [0.15, 0.2) is 0 Å². The molecule has 0 fully saturated rings. The topological polar surface area (TPSA) is 40.5 Å². The normalized spacial score (nSPS) is 13.8. The van der Waals surface area contributed by atoms with E-state index in [-0.39, 0.29) is 6.04 Å². The summed E-state index contributed by atoms with van der Waals surface area (Å²) in [6, 6.07) is -0.322. The summed E-state index contributed by atoms with van der Waals surface area (Å²) in [4.78, 5) is 13.7. The van der Waals surface area contributed by atoms with Gasteiger partial charge in [0, 0.05) is 0 Å². The molecule has 0 aliphatic carbocycles. The highest BCUT2D eigenvalue weighted by molar-refractivity contribution is 5.73. The Balaban J connectivity index is 4.66. The van der Waals surface area contributed by atoms with Crippen molar-refractivity contribution in [2.75, 3.05) is 13.1 Å². The maximum Gasteiger partial charge on any atom is 0.320 e. The molecule has 1 unspecified atom stereocenters. The maximum absolute atomic E-state index is 11.5. The minimum absolute atomic E-state index is 0.322. The zero-order valence-electron chi connectivity index (χ0n) is 13.6. The predicted octanol–water partition coefficient (Wildman–Crippen LogP) is 3.88. The molecule has 0 aliphatic rings. The maximum atomic E-state index is 11.5. The number of nitrogens with zero attached hydrogens (tertiary/aromatic N) is 1. The molecule has 0 saturated carbocycles. The van der Waals surface area contributed by atoms with Crippen molar-refractivity contribution in [3.63, 3.8) is 0 Å². The standard InChI is InChI=1S/C16H33NO2/c1-12(2)7-9-17(10-8-13(3)4)15(16(18)19)11-14(5)6/h12-15H,7-11H2,1-6H3,(H,18,19). The Kier molecular flexibility index (Phi) is 9.07. The summed E-state index contributed by atoms with van der Waals surface area (Å²) in [5.41, 5.74) is 0. The van der Waals surface area contributed by atoms with Gasteiger partial charge in [0.1, 0.15) is 6.04 Å². The molecule has 0 aromatic rings. The Morgan fingerprint density at radius 1 is 0.895 bits per heavy atom. The number of aliphatic carboxylic acids is 1. The molecule has 0 aromatic carbocycles. The van der Waals surface area contributed by atoms with Crippen LogP contribution in [0.5, 0.6) is 0 Å². The van der Waals surface area contributed by atoms with Gasteiger partial charge >= 0.3 is 5.97 Å². The van der Waals surface area contributed by atoms with E-state index >= 15 is 0 Å². The molecule has 0 rings (SSSR count). The van der Waals surface area contributed by atoms with Crippen molar-refractivity contribution in [2.45, 2.75) is 66.8 Å². The van der Waals surface area contributed by atoms with Crippen LogP contribution in [0.4, 0.5) is 0 Å². The molecule has 0 aromatic heterocycles. The van der Waals surface area contributed by atoms with E-state index in [2.05, 4.69) is 46.4 Å². The van der Waals surface area contributed by atoms with Gasteiger partial charge in [0.15, 0.2) is 0 Å². The van der Waals surface area contributed by atoms with Crippen molar-refractivity contribution in [2.24, 2.45) is 17.8 Å². The van der Waals surface area contributed by atoms with Crippen molar-refractivity contribution in [1.82, 2.24) is 4.90 Å². The third-order valence-electron chi connectivity index (χ3n) is 3.41. The van der Waals surface area contributed by atoms with Crippen molar-refractivity contribution in [1.29, 1.82) is 0 Å². The second kappa shape index (κ2) is 9.35. The van der Waals surface area contributed by atoms with Crippen molar-refractivity contribution in [3.8, 4) is 0 Å². The summed E-state index contributed by atoms with van der Waals surface area (Å²) in [6.07, 6.45) is 2.88. The lowest BCUT2D eigenvalue weighted by Gasteiger charge is -2.31. The number of carboxylic acid groups (broad SMARTS) is 1. The van der Waals surface area contributed by atoms with Crippen molar-refractivity contribution in [3.05, 3.63) is 0 Å². The summed E-state index contributed by atoms with van der Waals surface area (Å²) < 4.78 is 0. The molecular formula is C16H33NO2. The minimum atomic E-state index is -0.666. The molecule has 0 amide bonds. The molecule has 114 valence electrons. The Morgan fingerprint density at radius 3 is 1.58 bits per heavy atom. The number of carboxylic acids is 1. The molecule has 3 heteroatoms. The zero-order valence-corrected chi connectivity index (χ0v) is 13.6. The highest BCUT2D eigenvalue weighted by Crippen LogP contribution is 2.16. The van der Waals surface area contributed by atoms with E-state index in [4.69, 9.17) is 0 Å². The second-order valence-corrected chi connectivity index (χ2v) is 6.88. The molecule has 1 N–H and O–H groups in total. The SMILES string of the molecule is CC(C)CCN(CCC(C)C)C(CC(C)C)C(=O)O. The van der Waals surface area contributed by atoms with Crippen LogP contribution in [-0.4, -0.2) is 35.1 Å². The Labute approximate surface area is 119 Å². The van der Waals surface area contributed by atoms with Crippen LogP contribution in [0.25, 0.3) is 0 Å². The first-order valence-corrected chi connectivity index (χ1v) is 7.70. The largest absolute Gasteiger partial charge is 0.480 e. The van der Waals surface area contributed by atoms with Crippen LogP contribution in [0.1, 0.15) is 60.8 Å². The number of carbonyl (C=O) groups is 1. The first-order chi connectivity index (χ1) is 8.73. The van der Waals surface area contributed by atoms with E-state index in [1.165, 1.54) is 0 Å². The number of rotatable bonds is 10. The quantitative estimate of drug-likeness (QED) is 0.655. The van der Waals surface area contributed by atoms with Gasteiger partial charge in [-0.2, -0.15) is 0 Å². The van der Waals surface area contributed by atoms with Crippen molar-refractivity contribution >= 4 is 5.97 Å². The second-order valence-electron chi connectivity index (χ2n) is 6.88. The van der Waals surface area contributed by atoms with E-state index in [0.717, 1.165) is 32.4 Å². The summed E-state index contributed by atoms with van der Waals surface area (Å²) in [7, 11) is 0. The Hall–Kier alpha value is -0.570. The molecule has 0 radical (unpaired) electrons. The number of hydrogen-bond acceptors (Lipinski definition) is 2. The smallest absolute Gasteiger partial charge is 0.320 e. The van der Waals surface area contributed by atoms with E-state index < -0.39 is 5.97 Å². The monoisotopic (exact) mass is 271 g/mol. The number of hydrogen-bond donors (Lipinski definition) is 1. The van der Waals surface area contributed by atoms with Gasteiger partial charge < -0.3 is 5.11 Å². The molecule has 0 heterocycles. The molecule has 3 nitrogen and oxygen atoms in total. The van der Waals surface area contributed by atoms with Crippen LogP contribution in [0.2, 0.25) is 0 Å². The van der Waals surface area contributed by atoms with Gasteiger partial charge in [-0.05, 0) is 50.1 Å². The van der Waals surface area contributed by atoms with E-state index in [1.54, 1.807) is 0 Å². The third kappa shape index (κ3) is 9.04. The lowest BCUT2D eigenvalue weighted by atomic mass is 10.00. The molecule has 1 atom stereocenters. The zero-order chi connectivity index (χ0) is 15.0. The van der Waals surface area contributed by atoms with Gasteiger partial charge in [-0.1, -0.05) is 41.5 Å². The van der Waals surface area contributed by atoms with Gasteiger partial charge in [-0.15, -0.1) is 0 Å². The van der Waals surface area contributed by atoms with Gasteiger partial charge in [-0.25, -0.2) is 0 Å². The highest BCUT2D eigenvalue weighted by atomic mass is 16.4. The van der Waals surface area contributed by atoms with Crippen LogP contribution in [0, 0.1) is 17.8 Å². The summed E-state index contributed by atoms with van der Waals surface area (Å²) in [5.74, 6) is 0.994. The van der Waals surface area contributed by atoms with Gasteiger partial charge in [0.25, 0.3) is 0 Å². The molecule has 0 saturated heterocycles. The van der Waals surface area contributed by atoms with Crippen molar-refractivity contribution < 1.29 is 9.90 Å². The van der Waals surface area contributed by atoms with Crippen LogP contribution >= 0.6 is 0 Å². The molecule has 0 spiro atoms. The first-order valence-electron chi connectivity index (χ1n) is 7.70. The van der Waals surface area contributed by atoms with Gasteiger partial charge in [-0.3, -0.25) is 9.69 Å². The van der Waals surface area contributed by atoms with E-state index in [1.807, 2.05) is 0 Å². The van der Waals surface area contributed by atoms with Gasteiger partial charge in [0.05, 0.1) is 0 Å². The van der Waals surface area contributed by atoms with Crippen LogP contribution in [-0.2, 0) is 4.79 Å². The highest BCUT2D eigenvalue weighted by Gasteiger charge is 2.26. The minimum Gasteiger partial charge on any atom is -0.480 e. The van der Waals surface area contributed by atoms with Crippen LogP contribution in [0.3, 0.4) is 0 Å². The van der Waals surface area contributed by atoms with E-state index in [0.29, 0.717) is 17.8 Å². The molecule has 0 bridgehead atoms. The fraction of sp³-hybridized carbons (Fsp3) is 0.938. The summed E-state index contributed by atoms with van der Waals surface area (Å²) in [6.45, 7) is 14.8. The Bertz CT molecular complexity index is 237. The molecule has 0 aliphatic heterocycles. The lowest BCUT2D eigenvalue weighted by molar-refractivity contribution is -0.144. The first kappa shape index (κ1) is 18.4. The Morgan fingerprint density at radius 2 is 1.32 bits per heavy atom. The third-order valence-corrected chi connectivity index (χ3v) is 3.41. The molecular weight excluding hydrogens is 238 g/mol. The average Bonchev–Trinajstić information content (AvgIpc) is 2.25. The lowest BCUT2D eigenvalue weighted by Crippen LogP contribution is -2.43. The van der Waals surface area contributed by atoms with Crippen LogP contribution < -0.4 is 0 Å². The van der Waals surface area contributed by atoms with E-state index in [9.17, 15) is 9.90 Å². The van der Waals surface area contributed by atoms with Gasteiger partial charge in [0.2, 0.25) is 0 Å². The summed E-state index contributed by atoms with van der Waals surface area (Å²) in [5, 5.41) is 9.48. The fourth-order valence-electron chi connectivity index (χ4n) is 2.12. The molecule has 19 heavy (non-hydrogen) atoms. The average molecular weight is 271 g/mol. The summed E-state index contributed by atoms with van der Waals surface area (Å²) >= 11 is 0.